The molecular formula is C21H26ClNO6. The van der Waals surface area contributed by atoms with Gasteiger partial charge in [-0.15, -0.1) is 0 Å². The summed E-state index contributed by atoms with van der Waals surface area (Å²) < 4.78 is 15.9. The predicted octanol–water partition coefficient (Wildman–Crippen LogP) is 4.66. The summed E-state index contributed by atoms with van der Waals surface area (Å²) in [5.74, 6) is -0.646. The quantitative estimate of drug-likeness (QED) is 0.427. The van der Waals surface area contributed by atoms with E-state index >= 15 is 0 Å². The minimum Gasteiger partial charge on any atom is -0.444 e. The smallest absolute Gasteiger partial charge is 0.408 e. The van der Waals surface area contributed by atoms with Gasteiger partial charge in [0.1, 0.15) is 17.2 Å². The Kier molecular flexibility index (Phi) is 6.95. The van der Waals surface area contributed by atoms with Crippen LogP contribution in [-0.2, 0) is 9.53 Å². The van der Waals surface area contributed by atoms with Crippen LogP contribution in [0.2, 0.25) is 5.02 Å². The fraction of sp³-hybridized carbons (Fsp3) is 0.476. The fourth-order valence-corrected chi connectivity index (χ4v) is 2.89. The van der Waals surface area contributed by atoms with Gasteiger partial charge in [-0.25, -0.2) is 14.4 Å². The molecule has 0 saturated carbocycles. The third kappa shape index (κ3) is 5.73. The molecule has 2 rings (SSSR count). The van der Waals surface area contributed by atoms with Gasteiger partial charge in [-0.3, -0.25) is 0 Å². The Bertz CT molecular complexity index is 989. The van der Waals surface area contributed by atoms with E-state index in [1.807, 2.05) is 6.92 Å². The van der Waals surface area contributed by atoms with Crippen LogP contribution in [0.1, 0.15) is 51.7 Å². The van der Waals surface area contributed by atoms with E-state index in [0.29, 0.717) is 23.8 Å². The number of halogens is 1. The summed E-state index contributed by atoms with van der Waals surface area (Å²) in [5, 5.41) is 3.37. The van der Waals surface area contributed by atoms with Gasteiger partial charge in [-0.1, -0.05) is 24.9 Å². The van der Waals surface area contributed by atoms with E-state index in [-0.39, 0.29) is 16.4 Å². The maximum absolute atomic E-state index is 12.6. The van der Waals surface area contributed by atoms with Crippen molar-refractivity contribution in [2.45, 2.75) is 66.0 Å². The molecule has 1 atom stereocenters. The molecule has 1 heterocycles. The van der Waals surface area contributed by atoms with E-state index in [4.69, 9.17) is 25.5 Å². The van der Waals surface area contributed by atoms with Crippen LogP contribution >= 0.6 is 11.6 Å². The lowest BCUT2D eigenvalue weighted by atomic mass is 10.1. The van der Waals surface area contributed by atoms with Gasteiger partial charge in [0.05, 0.1) is 5.02 Å². The van der Waals surface area contributed by atoms with Crippen molar-refractivity contribution in [2.75, 3.05) is 0 Å². The Morgan fingerprint density at radius 2 is 1.86 bits per heavy atom. The molecule has 1 N–H and O–H groups in total. The molecule has 1 aromatic carbocycles. The van der Waals surface area contributed by atoms with Crippen LogP contribution in [0.5, 0.6) is 5.75 Å². The number of ether oxygens (including phenoxy) is 2. The van der Waals surface area contributed by atoms with Gasteiger partial charge in [0.25, 0.3) is 0 Å². The highest BCUT2D eigenvalue weighted by Crippen LogP contribution is 2.32. The fourth-order valence-electron chi connectivity index (χ4n) is 2.69. The van der Waals surface area contributed by atoms with Crippen LogP contribution in [0, 0.1) is 13.8 Å². The summed E-state index contributed by atoms with van der Waals surface area (Å²) in [6, 6.07) is 2.08. The Labute approximate surface area is 174 Å². The number of aryl methyl sites for hydroxylation is 1. The molecule has 0 saturated heterocycles. The monoisotopic (exact) mass is 423 g/mol. The van der Waals surface area contributed by atoms with Crippen molar-refractivity contribution >= 4 is 34.6 Å². The first-order chi connectivity index (χ1) is 13.4. The molecule has 2 aromatic rings. The Hall–Kier alpha value is -2.54. The third-order valence-electron chi connectivity index (χ3n) is 4.27. The number of carbonyl (C=O) groups is 2. The van der Waals surface area contributed by atoms with Crippen LogP contribution < -0.4 is 15.7 Å². The standard InChI is InChI=1S/C21H26ClNO6/c1-7-8-15(23-20(26)29-21(4,5)6)19(25)28-17-10-16-13(9-14(17)22)11(2)12(3)18(24)27-16/h9-10,15H,7-8H2,1-6H3,(H,23,26)/t15-/m1/s1. The zero-order valence-electron chi connectivity index (χ0n) is 17.5. The second kappa shape index (κ2) is 8.86. The minimum absolute atomic E-state index is 0.0441. The number of alkyl carbamates (subject to hydrolysis) is 1. The van der Waals surface area contributed by atoms with Gasteiger partial charge in [-0.05, 0) is 52.7 Å². The molecule has 7 nitrogen and oxygen atoms in total. The van der Waals surface area contributed by atoms with Gasteiger partial charge in [0.15, 0.2) is 5.75 Å². The highest BCUT2D eigenvalue weighted by atomic mass is 35.5. The minimum atomic E-state index is -0.909. The SMILES string of the molecule is CCC[C@@H](NC(=O)OC(C)(C)C)C(=O)Oc1cc2oc(=O)c(C)c(C)c2cc1Cl. The Balaban J connectivity index is 2.28. The Morgan fingerprint density at radius 3 is 2.45 bits per heavy atom. The maximum atomic E-state index is 12.6. The maximum Gasteiger partial charge on any atom is 0.408 e. The molecule has 0 aliphatic heterocycles. The summed E-state index contributed by atoms with van der Waals surface area (Å²) in [4.78, 5) is 36.6. The van der Waals surface area contributed by atoms with Gasteiger partial charge < -0.3 is 19.2 Å². The summed E-state index contributed by atoms with van der Waals surface area (Å²) in [7, 11) is 0. The van der Waals surface area contributed by atoms with Crippen molar-refractivity contribution in [3.63, 3.8) is 0 Å². The highest BCUT2D eigenvalue weighted by Gasteiger charge is 2.26. The number of nitrogens with one attached hydrogen (secondary N) is 1. The number of rotatable bonds is 5. The van der Waals surface area contributed by atoms with E-state index in [9.17, 15) is 14.4 Å². The molecule has 1 aromatic heterocycles. The number of amides is 1. The number of hydrogen-bond donors (Lipinski definition) is 1. The van der Waals surface area contributed by atoms with Crippen LogP contribution in [0.4, 0.5) is 4.79 Å². The lowest BCUT2D eigenvalue weighted by molar-refractivity contribution is -0.137. The topological polar surface area (TPSA) is 94.8 Å². The number of esters is 1. The molecular weight excluding hydrogens is 398 g/mol. The third-order valence-corrected chi connectivity index (χ3v) is 4.57. The predicted molar refractivity (Wildman–Crippen MR) is 111 cm³/mol. The van der Waals surface area contributed by atoms with Gasteiger partial charge >= 0.3 is 17.7 Å². The molecule has 0 spiro atoms. The van der Waals surface area contributed by atoms with Crippen LogP contribution in [0.3, 0.4) is 0 Å². The zero-order chi connectivity index (χ0) is 21.9. The zero-order valence-corrected chi connectivity index (χ0v) is 18.2. The van der Waals surface area contributed by atoms with E-state index in [1.54, 1.807) is 40.7 Å². The molecule has 29 heavy (non-hydrogen) atoms. The summed E-state index contributed by atoms with van der Waals surface area (Å²) in [6.45, 7) is 10.5. The largest absolute Gasteiger partial charge is 0.444 e. The van der Waals surface area contributed by atoms with E-state index in [2.05, 4.69) is 5.32 Å². The molecule has 0 aliphatic carbocycles. The lowest BCUT2D eigenvalue weighted by Gasteiger charge is -2.22. The highest BCUT2D eigenvalue weighted by molar-refractivity contribution is 6.33. The number of fused-ring (bicyclic) bond motifs is 1. The first-order valence-corrected chi connectivity index (χ1v) is 9.75. The molecule has 0 fully saturated rings. The molecule has 0 bridgehead atoms. The first kappa shape index (κ1) is 22.7. The van der Waals surface area contributed by atoms with Gasteiger partial charge in [-0.2, -0.15) is 0 Å². The van der Waals surface area contributed by atoms with E-state index in [1.165, 1.54) is 6.07 Å². The number of carbonyl (C=O) groups excluding carboxylic acids is 2. The molecule has 0 unspecified atom stereocenters. The first-order valence-electron chi connectivity index (χ1n) is 9.37. The average Bonchev–Trinajstić information content (AvgIpc) is 2.59. The van der Waals surface area contributed by atoms with Crippen LogP contribution in [0.15, 0.2) is 21.3 Å². The normalized spacial score (nSPS) is 12.5. The van der Waals surface area contributed by atoms with Crippen molar-refractivity contribution in [3.05, 3.63) is 38.7 Å². The molecule has 8 heteroatoms. The van der Waals surface area contributed by atoms with Crippen LogP contribution in [0.25, 0.3) is 11.0 Å². The summed E-state index contributed by atoms with van der Waals surface area (Å²) in [6.07, 6.45) is 0.278. The molecule has 0 aliphatic rings. The lowest BCUT2D eigenvalue weighted by Crippen LogP contribution is -2.45. The molecule has 1 amide bonds. The van der Waals surface area contributed by atoms with E-state index in [0.717, 1.165) is 5.56 Å². The van der Waals surface area contributed by atoms with Crippen molar-refractivity contribution < 1.29 is 23.5 Å². The van der Waals surface area contributed by atoms with Crippen molar-refractivity contribution in [1.29, 1.82) is 0 Å². The second-order valence-electron chi connectivity index (χ2n) is 7.83. The second-order valence-corrected chi connectivity index (χ2v) is 8.23. The molecule has 0 radical (unpaired) electrons. The van der Waals surface area contributed by atoms with Crippen molar-refractivity contribution in [2.24, 2.45) is 0 Å². The molecule has 158 valence electrons. The van der Waals surface area contributed by atoms with E-state index < -0.39 is 29.3 Å². The van der Waals surface area contributed by atoms with Gasteiger partial charge in [0.2, 0.25) is 0 Å². The van der Waals surface area contributed by atoms with Crippen molar-refractivity contribution in [1.82, 2.24) is 5.32 Å². The Morgan fingerprint density at radius 1 is 1.21 bits per heavy atom. The van der Waals surface area contributed by atoms with Gasteiger partial charge in [0, 0.05) is 17.0 Å². The average molecular weight is 424 g/mol. The summed E-state index contributed by atoms with van der Waals surface area (Å²) >= 11 is 6.28. The van der Waals surface area contributed by atoms with Crippen LogP contribution in [-0.4, -0.2) is 23.7 Å². The number of hydrogen-bond acceptors (Lipinski definition) is 6. The van der Waals surface area contributed by atoms with Crippen molar-refractivity contribution in [3.8, 4) is 5.75 Å². The number of benzene rings is 1. The summed E-state index contributed by atoms with van der Waals surface area (Å²) in [5.41, 5.74) is 0.330.